The van der Waals surface area contributed by atoms with E-state index in [1.165, 1.54) is 11.1 Å². The number of aromatic nitrogens is 2. The summed E-state index contributed by atoms with van der Waals surface area (Å²) in [6.45, 7) is 6.47. The predicted octanol–water partition coefficient (Wildman–Crippen LogP) is 5.66. The van der Waals surface area contributed by atoms with Crippen LogP contribution in [0.4, 0.5) is 5.69 Å². The molecule has 1 aliphatic heterocycles. The Morgan fingerprint density at radius 2 is 1.70 bits per heavy atom. The highest BCUT2D eigenvalue weighted by molar-refractivity contribution is 5.96. The Bertz CT molecular complexity index is 1230. The van der Waals surface area contributed by atoms with Gasteiger partial charge in [0.05, 0.1) is 17.6 Å². The maximum atomic E-state index is 12.8. The molecule has 0 bridgehead atoms. The fraction of sp³-hybridized carbons (Fsp3) is 0.286. The second-order valence-corrected chi connectivity index (χ2v) is 9.09. The van der Waals surface area contributed by atoms with E-state index in [0.29, 0.717) is 12.5 Å². The fourth-order valence-corrected chi connectivity index (χ4v) is 4.70. The summed E-state index contributed by atoms with van der Waals surface area (Å²) in [7, 11) is 0. The quantitative estimate of drug-likeness (QED) is 0.422. The summed E-state index contributed by atoms with van der Waals surface area (Å²) >= 11 is 0. The lowest BCUT2D eigenvalue weighted by Crippen LogP contribution is -2.39. The Labute approximate surface area is 194 Å². The number of piperidine rings is 1. The van der Waals surface area contributed by atoms with Crippen molar-refractivity contribution in [3.63, 3.8) is 0 Å². The van der Waals surface area contributed by atoms with Gasteiger partial charge in [-0.3, -0.25) is 9.69 Å². The number of amides is 1. The zero-order valence-corrected chi connectivity index (χ0v) is 19.3. The summed E-state index contributed by atoms with van der Waals surface area (Å²) in [6, 6.07) is 22.5. The number of rotatable bonds is 5. The van der Waals surface area contributed by atoms with E-state index in [9.17, 15) is 4.79 Å². The van der Waals surface area contributed by atoms with Crippen LogP contribution in [-0.4, -0.2) is 40.4 Å². The Balaban J connectivity index is 1.20. The molecule has 3 aromatic carbocycles. The third-order valence-electron chi connectivity index (χ3n) is 6.74. The minimum absolute atomic E-state index is 0.0338. The van der Waals surface area contributed by atoms with E-state index in [1.54, 1.807) is 0 Å². The highest BCUT2D eigenvalue weighted by Crippen LogP contribution is 2.30. The molecule has 5 nitrogen and oxygen atoms in total. The topological polar surface area (TPSA) is 61.0 Å². The molecule has 5 rings (SSSR count). The van der Waals surface area contributed by atoms with Gasteiger partial charge in [-0.15, -0.1) is 0 Å². The molecule has 5 heteroatoms. The van der Waals surface area contributed by atoms with E-state index in [1.807, 2.05) is 42.5 Å². The zero-order chi connectivity index (χ0) is 22.8. The Kier molecular flexibility index (Phi) is 5.97. The van der Waals surface area contributed by atoms with Gasteiger partial charge in [0.25, 0.3) is 0 Å². The van der Waals surface area contributed by atoms with E-state index in [-0.39, 0.29) is 5.91 Å². The molecule has 0 spiro atoms. The predicted molar refractivity (Wildman–Crippen MR) is 134 cm³/mol. The molecular formula is C28H30N4O. The van der Waals surface area contributed by atoms with Crippen molar-refractivity contribution in [2.45, 2.75) is 32.6 Å². The first kappa shape index (κ1) is 21.4. The van der Waals surface area contributed by atoms with Crippen LogP contribution in [0.3, 0.4) is 0 Å². The molecule has 1 amide bonds. The first-order valence-electron chi connectivity index (χ1n) is 11.7. The van der Waals surface area contributed by atoms with Crippen molar-refractivity contribution < 1.29 is 4.79 Å². The standard InChI is InChI=1S/C28H30N4O/c1-19-16-25-26(17-20(19)2)31-28(30-25)22-12-14-32(15-13-22)18-27(33)29-24-11-7-6-10-23(24)21-8-4-3-5-9-21/h3-11,16-17,22H,12-15,18H2,1-2H3,(H,29,33)(H,30,31). The van der Waals surface area contributed by atoms with Crippen LogP contribution < -0.4 is 5.32 Å². The van der Waals surface area contributed by atoms with Crippen LogP contribution in [-0.2, 0) is 4.79 Å². The van der Waals surface area contributed by atoms with Gasteiger partial charge in [-0.05, 0) is 74.7 Å². The molecule has 0 saturated carbocycles. The summed E-state index contributed by atoms with van der Waals surface area (Å²) in [5, 5.41) is 3.13. The van der Waals surface area contributed by atoms with Crippen LogP contribution in [0.5, 0.6) is 0 Å². The number of aryl methyl sites for hydroxylation is 2. The number of H-pyrrole nitrogens is 1. The van der Waals surface area contributed by atoms with Crippen molar-refractivity contribution in [2.75, 3.05) is 25.0 Å². The molecule has 2 heterocycles. The number of nitrogens with one attached hydrogen (secondary N) is 2. The van der Waals surface area contributed by atoms with Crippen molar-refractivity contribution in [3.8, 4) is 11.1 Å². The summed E-state index contributed by atoms with van der Waals surface area (Å²) in [5.41, 5.74) is 7.73. The van der Waals surface area contributed by atoms with Gasteiger partial charge < -0.3 is 10.3 Å². The normalized spacial score (nSPS) is 15.1. The largest absolute Gasteiger partial charge is 0.342 e. The number of benzene rings is 3. The Morgan fingerprint density at radius 3 is 2.48 bits per heavy atom. The number of hydrogen-bond donors (Lipinski definition) is 2. The van der Waals surface area contributed by atoms with Crippen molar-refractivity contribution in [2.24, 2.45) is 0 Å². The molecule has 2 N–H and O–H groups in total. The number of anilines is 1. The molecule has 0 radical (unpaired) electrons. The second kappa shape index (κ2) is 9.20. The van der Waals surface area contributed by atoms with E-state index in [0.717, 1.165) is 59.6 Å². The molecule has 1 fully saturated rings. The van der Waals surface area contributed by atoms with Gasteiger partial charge in [-0.2, -0.15) is 0 Å². The van der Waals surface area contributed by atoms with Crippen molar-refractivity contribution >= 4 is 22.6 Å². The molecule has 33 heavy (non-hydrogen) atoms. The van der Waals surface area contributed by atoms with Crippen molar-refractivity contribution in [1.82, 2.24) is 14.9 Å². The van der Waals surface area contributed by atoms with Gasteiger partial charge in [0.2, 0.25) is 5.91 Å². The molecule has 1 saturated heterocycles. The van der Waals surface area contributed by atoms with Gasteiger partial charge in [0, 0.05) is 17.2 Å². The van der Waals surface area contributed by atoms with Crippen LogP contribution in [0.25, 0.3) is 22.2 Å². The smallest absolute Gasteiger partial charge is 0.238 e. The third kappa shape index (κ3) is 4.69. The minimum atomic E-state index is 0.0338. The van der Waals surface area contributed by atoms with Gasteiger partial charge in [-0.1, -0.05) is 48.5 Å². The monoisotopic (exact) mass is 438 g/mol. The molecule has 0 unspecified atom stereocenters. The van der Waals surface area contributed by atoms with Gasteiger partial charge in [0.1, 0.15) is 5.82 Å². The number of likely N-dealkylation sites (tertiary alicyclic amines) is 1. The molecule has 1 aromatic heterocycles. The second-order valence-electron chi connectivity index (χ2n) is 9.09. The number of aromatic amines is 1. The highest BCUT2D eigenvalue weighted by atomic mass is 16.2. The maximum absolute atomic E-state index is 12.8. The molecule has 1 aliphatic rings. The Morgan fingerprint density at radius 1 is 1.00 bits per heavy atom. The summed E-state index contributed by atoms with van der Waals surface area (Å²) in [5.74, 6) is 1.53. The van der Waals surface area contributed by atoms with Crippen LogP contribution in [0.15, 0.2) is 66.7 Å². The van der Waals surface area contributed by atoms with Crippen LogP contribution in [0.2, 0.25) is 0 Å². The SMILES string of the molecule is Cc1cc2nc(C3CCN(CC(=O)Nc4ccccc4-c4ccccc4)CC3)[nH]c2cc1C. The minimum Gasteiger partial charge on any atom is -0.342 e. The van der Waals surface area contributed by atoms with Crippen LogP contribution in [0.1, 0.15) is 35.7 Å². The Hall–Kier alpha value is -3.44. The summed E-state index contributed by atoms with van der Waals surface area (Å²) in [4.78, 5) is 23.5. The lowest BCUT2D eigenvalue weighted by atomic mass is 9.96. The first-order chi connectivity index (χ1) is 16.1. The number of carbonyl (C=O) groups is 1. The van der Waals surface area contributed by atoms with E-state index in [2.05, 4.69) is 53.3 Å². The molecule has 0 aliphatic carbocycles. The summed E-state index contributed by atoms with van der Waals surface area (Å²) in [6.07, 6.45) is 2.01. The third-order valence-corrected chi connectivity index (χ3v) is 6.74. The lowest BCUT2D eigenvalue weighted by molar-refractivity contribution is -0.117. The highest BCUT2D eigenvalue weighted by Gasteiger charge is 2.24. The fourth-order valence-electron chi connectivity index (χ4n) is 4.70. The average molecular weight is 439 g/mol. The van der Waals surface area contributed by atoms with E-state index in [4.69, 9.17) is 4.98 Å². The summed E-state index contributed by atoms with van der Waals surface area (Å²) < 4.78 is 0. The molecular weight excluding hydrogens is 408 g/mol. The van der Waals surface area contributed by atoms with E-state index >= 15 is 0 Å². The van der Waals surface area contributed by atoms with Gasteiger partial charge in [0.15, 0.2) is 0 Å². The zero-order valence-electron chi connectivity index (χ0n) is 19.3. The van der Waals surface area contributed by atoms with Crippen molar-refractivity contribution in [3.05, 3.63) is 83.7 Å². The maximum Gasteiger partial charge on any atom is 0.238 e. The number of fused-ring (bicyclic) bond motifs is 1. The number of hydrogen-bond acceptors (Lipinski definition) is 3. The van der Waals surface area contributed by atoms with Crippen LogP contribution in [0, 0.1) is 13.8 Å². The van der Waals surface area contributed by atoms with Crippen molar-refractivity contribution in [1.29, 1.82) is 0 Å². The van der Waals surface area contributed by atoms with Gasteiger partial charge in [-0.25, -0.2) is 4.98 Å². The molecule has 168 valence electrons. The number of nitrogens with zero attached hydrogens (tertiary/aromatic N) is 2. The lowest BCUT2D eigenvalue weighted by Gasteiger charge is -2.30. The van der Waals surface area contributed by atoms with Crippen LogP contribution >= 0.6 is 0 Å². The number of carbonyl (C=O) groups excluding carboxylic acids is 1. The number of para-hydroxylation sites is 1. The first-order valence-corrected chi connectivity index (χ1v) is 11.7. The average Bonchev–Trinajstić information content (AvgIpc) is 3.23. The van der Waals surface area contributed by atoms with E-state index < -0.39 is 0 Å². The molecule has 0 atom stereocenters. The van der Waals surface area contributed by atoms with Gasteiger partial charge >= 0.3 is 0 Å². The molecule has 4 aromatic rings. The number of imidazole rings is 1.